The first-order valence-electron chi connectivity index (χ1n) is 9.59. The fourth-order valence-corrected chi connectivity index (χ4v) is 3.64. The van der Waals surface area contributed by atoms with Crippen LogP contribution in [0.1, 0.15) is 29.8 Å². The van der Waals surface area contributed by atoms with E-state index in [0.29, 0.717) is 22.2 Å². The van der Waals surface area contributed by atoms with E-state index in [1.54, 1.807) is 13.0 Å². The molecule has 154 valence electrons. The molecule has 1 atom stereocenters. The Bertz CT molecular complexity index is 1390. The second-order valence-corrected chi connectivity index (χ2v) is 7.13. The summed E-state index contributed by atoms with van der Waals surface area (Å²) in [6.07, 6.45) is 1.27. The molecular weight excluding hydrogens is 395 g/mol. The number of anilines is 2. The van der Waals surface area contributed by atoms with Crippen LogP contribution in [0.3, 0.4) is 0 Å². The van der Waals surface area contributed by atoms with E-state index in [0.717, 1.165) is 0 Å². The fraction of sp³-hybridized carbons (Fsp3) is 0.130. The van der Waals surface area contributed by atoms with Gasteiger partial charge in [0.15, 0.2) is 0 Å². The van der Waals surface area contributed by atoms with E-state index >= 15 is 0 Å². The lowest BCUT2D eigenvalue weighted by atomic mass is 9.96. The van der Waals surface area contributed by atoms with Crippen molar-refractivity contribution < 1.29 is 4.39 Å². The van der Waals surface area contributed by atoms with E-state index in [1.807, 2.05) is 49.4 Å². The molecule has 3 heterocycles. The van der Waals surface area contributed by atoms with E-state index in [4.69, 9.17) is 5.73 Å². The molecule has 8 heteroatoms. The number of nitrogen functional groups attached to an aromatic ring is 1. The van der Waals surface area contributed by atoms with Crippen LogP contribution in [0.4, 0.5) is 16.0 Å². The number of nitrogens with two attached hydrogens (primary N) is 1. The van der Waals surface area contributed by atoms with Gasteiger partial charge in [-0.3, -0.25) is 9.20 Å². The maximum Gasteiger partial charge on any atom is 0.263 e. The van der Waals surface area contributed by atoms with Gasteiger partial charge in [-0.25, -0.2) is 14.4 Å². The smallest absolute Gasteiger partial charge is 0.263 e. The molecule has 7 nitrogen and oxygen atoms in total. The van der Waals surface area contributed by atoms with E-state index in [1.165, 1.54) is 16.8 Å². The van der Waals surface area contributed by atoms with Crippen molar-refractivity contribution in [1.29, 1.82) is 5.26 Å². The molecular formula is C23H19FN6O. The molecule has 0 saturated carbocycles. The van der Waals surface area contributed by atoms with Crippen molar-refractivity contribution >= 4 is 17.2 Å². The van der Waals surface area contributed by atoms with Crippen LogP contribution in [-0.4, -0.2) is 14.4 Å². The highest BCUT2D eigenvalue weighted by molar-refractivity contribution is 5.72. The van der Waals surface area contributed by atoms with E-state index < -0.39 is 11.9 Å². The number of hydrogen-bond acceptors (Lipinski definition) is 6. The summed E-state index contributed by atoms with van der Waals surface area (Å²) in [7, 11) is 0. The second-order valence-electron chi connectivity index (χ2n) is 7.13. The molecule has 0 aliphatic heterocycles. The number of rotatable bonds is 4. The highest BCUT2D eigenvalue weighted by Gasteiger charge is 2.21. The van der Waals surface area contributed by atoms with E-state index in [9.17, 15) is 14.4 Å². The highest BCUT2D eigenvalue weighted by Crippen LogP contribution is 2.30. The summed E-state index contributed by atoms with van der Waals surface area (Å²) >= 11 is 0. The molecule has 3 N–H and O–H groups in total. The van der Waals surface area contributed by atoms with Crippen LogP contribution in [0.5, 0.6) is 0 Å². The first kappa shape index (κ1) is 20.0. The lowest BCUT2D eigenvalue weighted by molar-refractivity contribution is 0.605. The highest BCUT2D eigenvalue weighted by atomic mass is 19.1. The summed E-state index contributed by atoms with van der Waals surface area (Å²) < 4.78 is 15.6. The first-order valence-corrected chi connectivity index (χ1v) is 9.59. The van der Waals surface area contributed by atoms with Gasteiger partial charge >= 0.3 is 0 Å². The molecule has 0 unspecified atom stereocenters. The molecule has 3 aromatic heterocycles. The quantitative estimate of drug-likeness (QED) is 0.525. The molecule has 4 rings (SSSR count). The zero-order valence-electron chi connectivity index (χ0n) is 16.9. The molecule has 0 fully saturated rings. The van der Waals surface area contributed by atoms with Gasteiger partial charge in [-0.2, -0.15) is 5.26 Å². The minimum atomic E-state index is -0.456. The summed E-state index contributed by atoms with van der Waals surface area (Å²) in [4.78, 5) is 21.5. The molecule has 0 radical (unpaired) electrons. The van der Waals surface area contributed by atoms with Gasteiger partial charge in [0.25, 0.3) is 5.56 Å². The number of aryl methyl sites for hydroxylation is 1. The zero-order chi connectivity index (χ0) is 22.1. The molecule has 0 aliphatic rings. The lowest BCUT2D eigenvalue weighted by Gasteiger charge is -2.21. The topological polar surface area (TPSA) is 109 Å². The van der Waals surface area contributed by atoms with Crippen molar-refractivity contribution in [3.05, 3.63) is 87.9 Å². The number of nitriles is 1. The number of benzene rings is 1. The summed E-state index contributed by atoms with van der Waals surface area (Å²) in [6.45, 7) is 3.43. The Morgan fingerprint density at radius 1 is 1.19 bits per heavy atom. The summed E-state index contributed by atoms with van der Waals surface area (Å²) in [5, 5.41) is 12.6. The van der Waals surface area contributed by atoms with Gasteiger partial charge < -0.3 is 11.1 Å². The monoisotopic (exact) mass is 414 g/mol. The van der Waals surface area contributed by atoms with Gasteiger partial charge in [0, 0.05) is 5.52 Å². The van der Waals surface area contributed by atoms with Crippen LogP contribution in [-0.2, 0) is 0 Å². The van der Waals surface area contributed by atoms with Gasteiger partial charge in [0.1, 0.15) is 35.4 Å². The van der Waals surface area contributed by atoms with Crippen molar-refractivity contribution in [2.24, 2.45) is 0 Å². The Morgan fingerprint density at radius 3 is 2.65 bits per heavy atom. The number of pyridine rings is 2. The average Bonchev–Trinajstić information content (AvgIpc) is 2.76. The van der Waals surface area contributed by atoms with Crippen LogP contribution in [0.15, 0.2) is 59.7 Å². The largest absolute Gasteiger partial charge is 0.382 e. The zero-order valence-corrected chi connectivity index (χ0v) is 16.9. The summed E-state index contributed by atoms with van der Waals surface area (Å²) in [5.74, 6) is -0.111. The molecule has 0 saturated heterocycles. The van der Waals surface area contributed by atoms with Crippen molar-refractivity contribution in [3.8, 4) is 17.2 Å². The van der Waals surface area contributed by atoms with Crippen molar-refractivity contribution in [3.63, 3.8) is 0 Å². The van der Waals surface area contributed by atoms with Crippen LogP contribution < -0.4 is 16.6 Å². The Balaban J connectivity index is 1.95. The third-order valence-corrected chi connectivity index (χ3v) is 5.22. The van der Waals surface area contributed by atoms with Gasteiger partial charge in [-0.1, -0.05) is 30.3 Å². The summed E-state index contributed by atoms with van der Waals surface area (Å²) in [5.41, 5.74) is 8.23. The van der Waals surface area contributed by atoms with Crippen molar-refractivity contribution in [2.45, 2.75) is 19.9 Å². The maximum absolute atomic E-state index is 14.2. The Hall–Kier alpha value is -4.25. The van der Waals surface area contributed by atoms with Gasteiger partial charge in [0.05, 0.1) is 17.3 Å². The molecule has 0 bridgehead atoms. The van der Waals surface area contributed by atoms with Crippen molar-refractivity contribution in [2.75, 3.05) is 11.1 Å². The van der Waals surface area contributed by atoms with Gasteiger partial charge in [-0.15, -0.1) is 0 Å². The molecule has 0 amide bonds. The Kier molecular flexibility index (Phi) is 5.09. The lowest BCUT2D eigenvalue weighted by Crippen LogP contribution is -2.23. The number of aromatic nitrogens is 3. The maximum atomic E-state index is 14.2. The third kappa shape index (κ3) is 3.46. The average molecular weight is 414 g/mol. The Labute approximate surface area is 177 Å². The van der Waals surface area contributed by atoms with Gasteiger partial charge in [0.2, 0.25) is 0 Å². The first-order chi connectivity index (χ1) is 14.9. The number of halogens is 1. The van der Waals surface area contributed by atoms with Crippen LogP contribution in [0.2, 0.25) is 0 Å². The minimum absolute atomic E-state index is 0.0696. The molecule has 0 spiro atoms. The standard InChI is InChI=1S/C23H19FN6O/c1-13(29-22-18(11-25)21(26)27-12-28-22)17-10-16-8-9-19(24)14(2)30(16)23(31)20(17)15-6-4-3-5-7-15/h3-10,12-13H,1-2H3,(H3,26,27,28,29)/t13-/m0/s1. The molecule has 31 heavy (non-hydrogen) atoms. The van der Waals surface area contributed by atoms with Crippen LogP contribution in [0, 0.1) is 24.1 Å². The van der Waals surface area contributed by atoms with Crippen LogP contribution >= 0.6 is 0 Å². The Morgan fingerprint density at radius 2 is 1.94 bits per heavy atom. The van der Waals surface area contributed by atoms with Gasteiger partial charge in [-0.05, 0) is 43.2 Å². The normalized spacial score (nSPS) is 11.8. The SMILES string of the molecule is Cc1c(F)ccc2cc([C@H](C)Nc3ncnc(N)c3C#N)c(-c3ccccc3)c(=O)n12. The van der Waals surface area contributed by atoms with E-state index in [2.05, 4.69) is 15.3 Å². The molecule has 4 aromatic rings. The molecule has 1 aromatic carbocycles. The number of fused-ring (bicyclic) bond motifs is 1. The fourth-order valence-electron chi connectivity index (χ4n) is 3.64. The second kappa shape index (κ2) is 7.88. The third-order valence-electron chi connectivity index (χ3n) is 5.22. The minimum Gasteiger partial charge on any atom is -0.382 e. The van der Waals surface area contributed by atoms with Crippen LogP contribution in [0.25, 0.3) is 16.6 Å². The molecule has 0 aliphatic carbocycles. The number of hydrogen-bond donors (Lipinski definition) is 2. The number of nitrogens with zero attached hydrogens (tertiary/aromatic N) is 4. The number of nitrogens with one attached hydrogen (secondary N) is 1. The predicted molar refractivity (Wildman–Crippen MR) is 117 cm³/mol. The van der Waals surface area contributed by atoms with Crippen molar-refractivity contribution in [1.82, 2.24) is 14.4 Å². The van der Waals surface area contributed by atoms with E-state index in [-0.39, 0.29) is 28.5 Å². The summed E-state index contributed by atoms with van der Waals surface area (Å²) in [6, 6.07) is 15.5. The predicted octanol–water partition coefficient (Wildman–Crippen LogP) is 3.83.